The van der Waals surface area contributed by atoms with Crippen molar-refractivity contribution in [2.45, 2.75) is 70.4 Å². The number of anilines is 1. The lowest BCUT2D eigenvalue weighted by molar-refractivity contribution is -0.127. The van der Waals surface area contributed by atoms with E-state index in [1.807, 2.05) is 27.0 Å². The molecule has 0 spiro atoms. The van der Waals surface area contributed by atoms with Crippen LogP contribution in [0.15, 0.2) is 18.3 Å². The van der Waals surface area contributed by atoms with E-state index in [2.05, 4.69) is 32.6 Å². The van der Waals surface area contributed by atoms with Gasteiger partial charge in [-0.1, -0.05) is 0 Å². The van der Waals surface area contributed by atoms with Crippen molar-refractivity contribution < 1.29 is 9.59 Å². The van der Waals surface area contributed by atoms with Gasteiger partial charge in [0.2, 0.25) is 11.8 Å². The number of nitrogens with zero attached hydrogens (tertiary/aromatic N) is 2. The first-order valence-electron chi connectivity index (χ1n) is 11.2. The summed E-state index contributed by atoms with van der Waals surface area (Å²) in [4.78, 5) is 31.6. The van der Waals surface area contributed by atoms with Gasteiger partial charge in [0, 0.05) is 22.6 Å². The lowest BCUT2D eigenvalue weighted by Gasteiger charge is -2.26. The molecule has 1 fully saturated rings. The van der Waals surface area contributed by atoms with Gasteiger partial charge in [-0.3, -0.25) is 19.6 Å². The predicted octanol–water partition coefficient (Wildman–Crippen LogP) is 3.34. The Hall–Kier alpha value is -3.09. The molecule has 0 bridgehead atoms. The van der Waals surface area contributed by atoms with Crippen LogP contribution in [0.25, 0.3) is 22.3 Å². The highest BCUT2D eigenvalue weighted by Crippen LogP contribution is 2.46. The van der Waals surface area contributed by atoms with Crippen LogP contribution in [0.3, 0.4) is 0 Å². The summed E-state index contributed by atoms with van der Waals surface area (Å²) in [7, 11) is 0. The van der Waals surface area contributed by atoms with Gasteiger partial charge in [-0.25, -0.2) is 0 Å². The number of carbonyl (C=O) groups excluding carboxylic acids is 2. The Morgan fingerprint density at radius 3 is 2.84 bits per heavy atom. The topological polar surface area (TPSA) is 93.9 Å². The quantitative estimate of drug-likeness (QED) is 0.610. The van der Waals surface area contributed by atoms with Crippen molar-refractivity contribution in [2.24, 2.45) is 0 Å². The fourth-order valence-corrected chi connectivity index (χ4v) is 5.21. The van der Waals surface area contributed by atoms with Gasteiger partial charge in [-0.05, 0) is 81.7 Å². The first-order chi connectivity index (χ1) is 14.9. The van der Waals surface area contributed by atoms with Crippen molar-refractivity contribution in [3.8, 4) is 11.4 Å². The number of amides is 2. The number of benzene rings is 1. The maximum absolute atomic E-state index is 13.4. The average Bonchev–Trinajstić information content (AvgIpc) is 3.31. The van der Waals surface area contributed by atoms with Crippen LogP contribution < -0.4 is 10.2 Å². The highest BCUT2D eigenvalue weighted by Gasteiger charge is 2.47. The van der Waals surface area contributed by atoms with Crippen molar-refractivity contribution in [1.29, 1.82) is 0 Å². The van der Waals surface area contributed by atoms with E-state index in [0.717, 1.165) is 65.6 Å². The van der Waals surface area contributed by atoms with Crippen LogP contribution in [0.1, 0.15) is 56.7 Å². The summed E-state index contributed by atoms with van der Waals surface area (Å²) in [6.07, 6.45) is 6.99. The summed E-state index contributed by atoms with van der Waals surface area (Å²) in [6.45, 7) is 5.73. The van der Waals surface area contributed by atoms with Crippen LogP contribution >= 0.6 is 0 Å². The molecule has 6 rings (SSSR count). The third-order valence-electron chi connectivity index (χ3n) is 7.24. The van der Waals surface area contributed by atoms with E-state index in [-0.39, 0.29) is 17.9 Å². The second-order valence-corrected chi connectivity index (χ2v) is 9.78. The molecule has 1 aliphatic heterocycles. The molecule has 3 aromatic rings. The van der Waals surface area contributed by atoms with Crippen LogP contribution in [0.4, 0.5) is 5.69 Å². The van der Waals surface area contributed by atoms with E-state index in [0.29, 0.717) is 0 Å². The zero-order chi connectivity index (χ0) is 21.5. The number of aromatic nitrogens is 3. The number of carbonyl (C=O) groups is 2. The summed E-state index contributed by atoms with van der Waals surface area (Å²) in [6, 6.07) is 3.96. The third kappa shape index (κ3) is 2.61. The van der Waals surface area contributed by atoms with Gasteiger partial charge in [0.05, 0.1) is 23.0 Å². The van der Waals surface area contributed by atoms with Gasteiger partial charge in [0.25, 0.3) is 0 Å². The van der Waals surface area contributed by atoms with Crippen molar-refractivity contribution >= 4 is 28.4 Å². The zero-order valence-electron chi connectivity index (χ0n) is 18.1. The fourth-order valence-electron chi connectivity index (χ4n) is 5.21. The van der Waals surface area contributed by atoms with Gasteiger partial charge >= 0.3 is 0 Å². The van der Waals surface area contributed by atoms with E-state index >= 15 is 0 Å². The molecule has 3 N–H and O–H groups in total. The van der Waals surface area contributed by atoms with Crippen LogP contribution in [0.2, 0.25) is 0 Å². The first-order valence-corrected chi connectivity index (χ1v) is 11.2. The number of aryl methyl sites for hydroxylation is 2. The zero-order valence-corrected chi connectivity index (χ0v) is 18.1. The minimum absolute atomic E-state index is 0.0180. The van der Waals surface area contributed by atoms with Crippen molar-refractivity contribution in [3.05, 3.63) is 35.0 Å². The molecule has 3 aliphatic rings. The standard InChI is InChI=1S/C24H27N5O2/c1-12(22(30)26-14-7-8-14)29-19-9-16-15-6-4-5-13-11-25-28-20(13)21(15)27-18(16)10-17(19)24(2,3)23(29)31/h9-12,14,27H,4-8H2,1-3H3,(H,25,28)(H,26,30)/t12-/m0/s1. The van der Waals surface area contributed by atoms with E-state index < -0.39 is 11.5 Å². The molecular formula is C24H27N5O2. The molecule has 1 aromatic carbocycles. The second kappa shape index (κ2) is 6.22. The van der Waals surface area contributed by atoms with E-state index in [1.54, 1.807) is 4.90 Å². The molecule has 31 heavy (non-hydrogen) atoms. The number of rotatable bonds is 3. The average molecular weight is 418 g/mol. The highest BCUT2D eigenvalue weighted by molar-refractivity contribution is 6.13. The SMILES string of the molecule is C[C@@H](C(=O)NC1CC1)N1C(=O)C(C)(C)c2cc3[nH]c4c(c3cc21)CCCc1cn[nH]c1-4. The first kappa shape index (κ1) is 18.7. The molecule has 0 saturated heterocycles. The number of hydrogen-bond acceptors (Lipinski definition) is 3. The van der Waals surface area contributed by atoms with Crippen LogP contribution in [0.5, 0.6) is 0 Å². The van der Waals surface area contributed by atoms with Crippen LogP contribution in [-0.2, 0) is 27.8 Å². The highest BCUT2D eigenvalue weighted by atomic mass is 16.2. The number of hydrogen-bond donors (Lipinski definition) is 3. The Morgan fingerprint density at radius 2 is 2.06 bits per heavy atom. The Balaban J connectivity index is 1.51. The largest absolute Gasteiger partial charge is 0.353 e. The summed E-state index contributed by atoms with van der Waals surface area (Å²) in [5.41, 5.74) is 6.83. The molecule has 7 heteroatoms. The van der Waals surface area contributed by atoms with E-state index in [9.17, 15) is 9.59 Å². The van der Waals surface area contributed by atoms with Crippen molar-refractivity contribution in [3.63, 3.8) is 0 Å². The Bertz CT molecular complexity index is 1250. The number of H-pyrrole nitrogens is 2. The minimum atomic E-state index is -0.681. The molecule has 2 aliphatic carbocycles. The predicted molar refractivity (Wildman–Crippen MR) is 119 cm³/mol. The monoisotopic (exact) mass is 417 g/mol. The molecule has 0 unspecified atom stereocenters. The molecule has 1 atom stereocenters. The second-order valence-electron chi connectivity index (χ2n) is 9.78. The van der Waals surface area contributed by atoms with Crippen LogP contribution in [-0.4, -0.2) is 39.1 Å². The Morgan fingerprint density at radius 1 is 1.26 bits per heavy atom. The van der Waals surface area contributed by atoms with Gasteiger partial charge in [-0.2, -0.15) is 5.10 Å². The number of nitrogens with one attached hydrogen (secondary N) is 3. The molecule has 2 amide bonds. The fraction of sp³-hybridized carbons (Fsp3) is 0.458. The maximum atomic E-state index is 13.4. The van der Waals surface area contributed by atoms with Gasteiger partial charge < -0.3 is 10.3 Å². The Labute approximate surface area is 180 Å². The van der Waals surface area contributed by atoms with Crippen molar-refractivity contribution in [1.82, 2.24) is 20.5 Å². The lowest BCUT2D eigenvalue weighted by atomic mass is 9.85. The molecular weight excluding hydrogens is 390 g/mol. The van der Waals surface area contributed by atoms with Crippen LogP contribution in [0, 0.1) is 0 Å². The summed E-state index contributed by atoms with van der Waals surface area (Å²) in [5.74, 6) is -0.0925. The summed E-state index contributed by atoms with van der Waals surface area (Å²) < 4.78 is 0. The van der Waals surface area contributed by atoms with Gasteiger partial charge in [0.15, 0.2) is 0 Å². The minimum Gasteiger partial charge on any atom is -0.353 e. The normalized spacial score (nSPS) is 20.2. The molecule has 2 aromatic heterocycles. The summed E-state index contributed by atoms with van der Waals surface area (Å²) in [5, 5.41) is 11.6. The molecule has 3 heterocycles. The third-order valence-corrected chi connectivity index (χ3v) is 7.24. The molecule has 7 nitrogen and oxygen atoms in total. The van der Waals surface area contributed by atoms with Crippen molar-refractivity contribution in [2.75, 3.05) is 4.90 Å². The number of aromatic amines is 2. The molecule has 1 saturated carbocycles. The lowest BCUT2D eigenvalue weighted by Crippen LogP contribution is -2.49. The smallest absolute Gasteiger partial charge is 0.243 e. The molecule has 0 radical (unpaired) electrons. The van der Waals surface area contributed by atoms with Gasteiger partial charge in [-0.15, -0.1) is 0 Å². The maximum Gasteiger partial charge on any atom is 0.243 e. The molecule has 160 valence electrons. The van der Waals surface area contributed by atoms with E-state index in [1.165, 1.54) is 11.1 Å². The van der Waals surface area contributed by atoms with E-state index in [4.69, 9.17) is 0 Å². The van der Waals surface area contributed by atoms with Gasteiger partial charge in [0.1, 0.15) is 6.04 Å². The summed E-state index contributed by atoms with van der Waals surface area (Å²) >= 11 is 0. The Kier molecular flexibility index (Phi) is 3.74. The number of fused-ring (bicyclic) bond motifs is 6.